The van der Waals surface area contributed by atoms with Gasteiger partial charge in [0.2, 0.25) is 0 Å². The lowest BCUT2D eigenvalue weighted by Gasteiger charge is -2.26. The Hall–Kier alpha value is -3.95. The van der Waals surface area contributed by atoms with Crippen LogP contribution in [-0.4, -0.2) is 65.8 Å². The minimum atomic E-state index is -0.864. The Morgan fingerprint density at radius 2 is 1.50 bits per heavy atom. The molecule has 0 aromatic heterocycles. The van der Waals surface area contributed by atoms with Crippen LogP contribution >= 0.6 is 0 Å². The van der Waals surface area contributed by atoms with Crippen molar-refractivity contribution < 1.29 is 29.0 Å². The Morgan fingerprint density at radius 1 is 0.889 bits per heavy atom. The Balaban J connectivity index is 1.83. The first kappa shape index (κ1) is 28.3. The van der Waals surface area contributed by atoms with Crippen LogP contribution in [0.2, 0.25) is 0 Å². The smallest absolute Gasteiger partial charge is 0.410 e. The molecule has 0 atom stereocenters. The SMILES string of the molecule is CN(CCN(C)C(=O)OC(C)(C)C)C(=O)OCc1ccc(N=Nc2ccccc2CCC(=O)O)cc1. The van der Waals surface area contributed by atoms with Crippen LogP contribution in [0.15, 0.2) is 58.8 Å². The van der Waals surface area contributed by atoms with Gasteiger partial charge in [0, 0.05) is 33.6 Å². The third-order valence-electron chi connectivity index (χ3n) is 4.96. The monoisotopic (exact) mass is 498 g/mol. The van der Waals surface area contributed by atoms with Gasteiger partial charge in [0.05, 0.1) is 11.4 Å². The van der Waals surface area contributed by atoms with Crippen molar-refractivity contribution in [3.05, 3.63) is 59.7 Å². The molecule has 2 amide bonds. The molecule has 10 nitrogen and oxygen atoms in total. The summed E-state index contributed by atoms with van der Waals surface area (Å²) in [6.07, 6.45) is -0.560. The number of hydrogen-bond acceptors (Lipinski definition) is 7. The van der Waals surface area contributed by atoms with Crippen LogP contribution in [0.25, 0.3) is 0 Å². The van der Waals surface area contributed by atoms with E-state index >= 15 is 0 Å². The molecule has 0 aliphatic rings. The molecule has 0 bridgehead atoms. The van der Waals surface area contributed by atoms with Crippen LogP contribution in [0, 0.1) is 0 Å². The van der Waals surface area contributed by atoms with Crippen LogP contribution in [0.3, 0.4) is 0 Å². The van der Waals surface area contributed by atoms with Crippen LogP contribution in [0.5, 0.6) is 0 Å². The molecular weight excluding hydrogens is 464 g/mol. The van der Waals surface area contributed by atoms with E-state index in [4.69, 9.17) is 14.6 Å². The molecule has 0 aliphatic heterocycles. The number of hydrogen-bond donors (Lipinski definition) is 1. The standard InChI is InChI=1S/C26H34N4O6/c1-26(2,3)36-25(34)30(5)17-16-29(4)24(33)35-18-19-10-13-21(14-11-19)27-28-22-9-7-6-8-20(22)12-15-23(31)32/h6-11,13-14H,12,15-18H2,1-5H3,(H,31,32). The second-order valence-corrected chi connectivity index (χ2v) is 9.27. The number of benzene rings is 2. The van der Waals surface area contributed by atoms with Crippen molar-refractivity contribution in [2.24, 2.45) is 10.2 Å². The lowest BCUT2D eigenvalue weighted by Crippen LogP contribution is -2.40. The highest BCUT2D eigenvalue weighted by Crippen LogP contribution is 2.24. The highest BCUT2D eigenvalue weighted by molar-refractivity contribution is 5.69. The summed E-state index contributed by atoms with van der Waals surface area (Å²) in [5.41, 5.74) is 2.24. The summed E-state index contributed by atoms with van der Waals surface area (Å²) < 4.78 is 10.6. The molecule has 2 aromatic rings. The highest BCUT2D eigenvalue weighted by Gasteiger charge is 2.20. The number of aliphatic carboxylic acids is 1. The first-order valence-corrected chi connectivity index (χ1v) is 11.6. The molecule has 0 saturated carbocycles. The molecule has 2 aromatic carbocycles. The van der Waals surface area contributed by atoms with E-state index in [1.807, 2.05) is 18.2 Å². The summed E-state index contributed by atoms with van der Waals surface area (Å²) in [6, 6.07) is 14.4. The summed E-state index contributed by atoms with van der Waals surface area (Å²) in [5.74, 6) is -0.864. The number of rotatable bonds is 10. The summed E-state index contributed by atoms with van der Waals surface area (Å²) in [5, 5.41) is 17.4. The largest absolute Gasteiger partial charge is 0.481 e. The number of amides is 2. The van der Waals surface area contributed by atoms with Crippen molar-refractivity contribution in [3.8, 4) is 0 Å². The van der Waals surface area contributed by atoms with Gasteiger partial charge in [-0.2, -0.15) is 10.2 Å². The van der Waals surface area contributed by atoms with Crippen molar-refractivity contribution in [3.63, 3.8) is 0 Å². The average Bonchev–Trinajstić information content (AvgIpc) is 2.83. The summed E-state index contributed by atoms with van der Waals surface area (Å²) in [6.45, 7) is 6.06. The number of carboxylic acid groups (broad SMARTS) is 1. The predicted octanol–water partition coefficient (Wildman–Crippen LogP) is 5.55. The fourth-order valence-corrected chi connectivity index (χ4v) is 2.91. The average molecular weight is 499 g/mol. The van der Waals surface area contributed by atoms with Gasteiger partial charge >= 0.3 is 18.2 Å². The van der Waals surface area contributed by atoms with Gasteiger partial charge in [-0.3, -0.25) is 4.79 Å². The minimum absolute atomic E-state index is 0.0234. The van der Waals surface area contributed by atoms with Gasteiger partial charge in [-0.1, -0.05) is 30.3 Å². The number of carboxylic acids is 1. The van der Waals surface area contributed by atoms with E-state index in [0.29, 0.717) is 30.9 Å². The molecule has 1 N–H and O–H groups in total. The van der Waals surface area contributed by atoms with Crippen molar-refractivity contribution in [1.82, 2.24) is 9.80 Å². The van der Waals surface area contributed by atoms with Gasteiger partial charge in [0.15, 0.2) is 0 Å². The molecule has 0 heterocycles. The van der Waals surface area contributed by atoms with Crippen molar-refractivity contribution in [1.29, 1.82) is 0 Å². The predicted molar refractivity (Wildman–Crippen MR) is 135 cm³/mol. The fourth-order valence-electron chi connectivity index (χ4n) is 2.91. The van der Waals surface area contributed by atoms with Gasteiger partial charge in [-0.05, 0) is 56.5 Å². The molecule has 10 heteroatoms. The van der Waals surface area contributed by atoms with Crippen LogP contribution < -0.4 is 0 Å². The van der Waals surface area contributed by atoms with E-state index in [-0.39, 0.29) is 13.0 Å². The van der Waals surface area contributed by atoms with Gasteiger partial charge in [0.25, 0.3) is 0 Å². The molecular formula is C26H34N4O6. The third kappa shape index (κ3) is 10.1. The lowest BCUT2D eigenvalue weighted by atomic mass is 10.1. The number of likely N-dealkylation sites (N-methyl/N-ethyl adjacent to an activating group) is 2. The lowest BCUT2D eigenvalue weighted by molar-refractivity contribution is -0.136. The molecule has 2 rings (SSSR count). The number of nitrogens with zero attached hydrogens (tertiary/aromatic N) is 4. The van der Waals surface area contributed by atoms with Gasteiger partial charge < -0.3 is 24.4 Å². The molecule has 0 unspecified atom stereocenters. The molecule has 0 spiro atoms. The second kappa shape index (κ2) is 13.2. The maximum atomic E-state index is 12.3. The number of aryl methyl sites for hydroxylation is 1. The Kier molecular flexibility index (Phi) is 10.4. The normalized spacial score (nSPS) is 11.2. The Labute approximate surface area is 211 Å². The summed E-state index contributed by atoms with van der Waals surface area (Å²) in [4.78, 5) is 37.9. The Morgan fingerprint density at radius 3 is 2.11 bits per heavy atom. The Bertz CT molecular complexity index is 1060. The maximum absolute atomic E-state index is 12.3. The number of carbonyl (C=O) groups excluding carboxylic acids is 2. The fraction of sp³-hybridized carbons (Fsp3) is 0.423. The highest BCUT2D eigenvalue weighted by atomic mass is 16.6. The van der Waals surface area contributed by atoms with Crippen molar-refractivity contribution >= 4 is 29.5 Å². The molecule has 0 aliphatic carbocycles. The van der Waals surface area contributed by atoms with Gasteiger partial charge in [-0.15, -0.1) is 0 Å². The first-order valence-electron chi connectivity index (χ1n) is 11.6. The van der Waals surface area contributed by atoms with Crippen molar-refractivity contribution in [2.75, 3.05) is 27.2 Å². The molecule has 0 saturated heterocycles. The maximum Gasteiger partial charge on any atom is 0.410 e. The van der Waals surface area contributed by atoms with E-state index in [1.165, 1.54) is 9.80 Å². The van der Waals surface area contributed by atoms with E-state index in [2.05, 4.69) is 10.2 Å². The molecule has 0 fully saturated rings. The van der Waals surface area contributed by atoms with E-state index in [9.17, 15) is 14.4 Å². The summed E-state index contributed by atoms with van der Waals surface area (Å²) >= 11 is 0. The van der Waals surface area contributed by atoms with E-state index < -0.39 is 23.8 Å². The first-order chi connectivity index (χ1) is 16.9. The van der Waals surface area contributed by atoms with E-state index in [0.717, 1.165) is 11.1 Å². The van der Waals surface area contributed by atoms with E-state index in [1.54, 1.807) is 65.2 Å². The van der Waals surface area contributed by atoms with Gasteiger partial charge in [-0.25, -0.2) is 9.59 Å². The quantitative estimate of drug-likeness (QED) is 0.428. The number of carbonyl (C=O) groups is 3. The third-order valence-corrected chi connectivity index (χ3v) is 4.96. The second-order valence-electron chi connectivity index (χ2n) is 9.27. The minimum Gasteiger partial charge on any atom is -0.481 e. The zero-order valence-corrected chi connectivity index (χ0v) is 21.4. The zero-order valence-electron chi connectivity index (χ0n) is 21.4. The van der Waals surface area contributed by atoms with Crippen LogP contribution in [0.4, 0.5) is 21.0 Å². The number of ether oxygens (including phenoxy) is 2. The summed E-state index contributed by atoms with van der Waals surface area (Å²) in [7, 11) is 3.21. The number of azo groups is 1. The zero-order chi connectivity index (χ0) is 26.7. The van der Waals surface area contributed by atoms with Gasteiger partial charge in [0.1, 0.15) is 12.2 Å². The molecule has 36 heavy (non-hydrogen) atoms. The topological polar surface area (TPSA) is 121 Å². The molecule has 0 radical (unpaired) electrons. The van der Waals surface area contributed by atoms with Crippen molar-refractivity contribution in [2.45, 2.75) is 45.8 Å². The van der Waals surface area contributed by atoms with Crippen LogP contribution in [0.1, 0.15) is 38.3 Å². The van der Waals surface area contributed by atoms with Crippen LogP contribution in [-0.2, 0) is 27.3 Å². The molecule has 194 valence electrons.